The summed E-state index contributed by atoms with van der Waals surface area (Å²) in [4.78, 5) is 34.6. The molecule has 9 nitrogen and oxygen atoms in total. The van der Waals surface area contributed by atoms with Crippen molar-refractivity contribution in [3.63, 3.8) is 0 Å². The molecule has 0 bridgehead atoms. The van der Waals surface area contributed by atoms with Gasteiger partial charge in [0, 0.05) is 18.0 Å². The van der Waals surface area contributed by atoms with Crippen LogP contribution < -0.4 is 10.1 Å². The highest BCUT2D eigenvalue weighted by Gasteiger charge is 2.43. The SMILES string of the molecule is CC(C)NCC(COc1cccc2ccccc12)OC(=O)C(O)(CC(=O)O)CC(=O)O. The molecule has 0 radical (unpaired) electrons. The summed E-state index contributed by atoms with van der Waals surface area (Å²) in [6, 6.07) is 13.1. The van der Waals surface area contributed by atoms with E-state index in [1.165, 1.54) is 0 Å². The van der Waals surface area contributed by atoms with Gasteiger partial charge in [-0.15, -0.1) is 0 Å². The van der Waals surface area contributed by atoms with Gasteiger partial charge in [0.05, 0.1) is 12.8 Å². The topological polar surface area (TPSA) is 142 Å². The van der Waals surface area contributed by atoms with Crippen molar-refractivity contribution in [3.05, 3.63) is 42.5 Å². The number of aliphatic hydroxyl groups is 1. The number of carbonyl (C=O) groups excluding carboxylic acids is 1. The quantitative estimate of drug-likeness (QED) is 0.369. The van der Waals surface area contributed by atoms with Crippen LogP contribution in [0, 0.1) is 0 Å². The molecule has 2 aromatic rings. The third kappa shape index (κ3) is 7.23. The molecule has 2 rings (SSSR count). The molecule has 0 aliphatic rings. The number of esters is 1. The van der Waals surface area contributed by atoms with Crippen LogP contribution in [0.25, 0.3) is 10.8 Å². The molecule has 0 heterocycles. The first-order valence-electron chi connectivity index (χ1n) is 9.81. The smallest absolute Gasteiger partial charge is 0.339 e. The molecule has 0 aliphatic carbocycles. The minimum absolute atomic E-state index is 0.0516. The molecule has 168 valence electrons. The van der Waals surface area contributed by atoms with Crippen molar-refractivity contribution in [3.8, 4) is 5.75 Å². The zero-order valence-corrected chi connectivity index (χ0v) is 17.4. The van der Waals surface area contributed by atoms with Crippen LogP contribution >= 0.6 is 0 Å². The van der Waals surface area contributed by atoms with E-state index in [1.807, 2.05) is 50.2 Å². The van der Waals surface area contributed by atoms with E-state index in [1.54, 1.807) is 6.07 Å². The van der Waals surface area contributed by atoms with Crippen LogP contribution in [0.4, 0.5) is 0 Å². The maximum Gasteiger partial charge on any atom is 0.339 e. The van der Waals surface area contributed by atoms with Gasteiger partial charge in [0.2, 0.25) is 0 Å². The number of hydrogen-bond acceptors (Lipinski definition) is 7. The maximum absolute atomic E-state index is 12.5. The Labute approximate surface area is 179 Å². The Morgan fingerprint density at radius 2 is 1.61 bits per heavy atom. The van der Waals surface area contributed by atoms with Gasteiger partial charge in [0.1, 0.15) is 18.5 Å². The Balaban J connectivity index is 2.17. The summed E-state index contributed by atoms with van der Waals surface area (Å²) in [7, 11) is 0. The molecule has 0 amide bonds. The monoisotopic (exact) mass is 433 g/mol. The number of carbonyl (C=O) groups is 3. The van der Waals surface area contributed by atoms with E-state index in [2.05, 4.69) is 5.32 Å². The number of aliphatic carboxylic acids is 2. The van der Waals surface area contributed by atoms with Gasteiger partial charge in [-0.1, -0.05) is 50.2 Å². The molecule has 0 aromatic heterocycles. The average Bonchev–Trinajstić information content (AvgIpc) is 2.68. The molecule has 0 saturated heterocycles. The standard InChI is InChI=1S/C22H27NO8/c1-14(2)23-12-16(31-21(28)22(29,10-19(24)25)11-20(26)27)13-30-18-9-5-7-15-6-3-4-8-17(15)18/h3-9,14,16,23,29H,10-13H2,1-2H3,(H,24,25)(H,26,27). The van der Waals surface area contributed by atoms with E-state index in [0.29, 0.717) is 5.75 Å². The van der Waals surface area contributed by atoms with Crippen molar-refractivity contribution in [2.45, 2.75) is 44.4 Å². The van der Waals surface area contributed by atoms with Crippen molar-refractivity contribution in [1.82, 2.24) is 5.32 Å². The fourth-order valence-corrected chi connectivity index (χ4v) is 2.97. The van der Waals surface area contributed by atoms with Gasteiger partial charge in [-0.25, -0.2) is 4.79 Å². The van der Waals surface area contributed by atoms with Gasteiger partial charge in [-0.3, -0.25) is 9.59 Å². The molecule has 1 unspecified atom stereocenters. The van der Waals surface area contributed by atoms with E-state index in [9.17, 15) is 19.5 Å². The van der Waals surface area contributed by atoms with E-state index in [4.69, 9.17) is 19.7 Å². The third-order valence-corrected chi connectivity index (χ3v) is 4.47. The van der Waals surface area contributed by atoms with Crippen LogP contribution in [0.1, 0.15) is 26.7 Å². The number of rotatable bonds is 12. The summed E-state index contributed by atoms with van der Waals surface area (Å²) >= 11 is 0. The van der Waals surface area contributed by atoms with Gasteiger partial charge in [0.15, 0.2) is 5.60 Å². The summed E-state index contributed by atoms with van der Waals surface area (Å²) < 4.78 is 11.2. The van der Waals surface area contributed by atoms with Crippen molar-refractivity contribution in [1.29, 1.82) is 0 Å². The highest BCUT2D eigenvalue weighted by Crippen LogP contribution is 2.25. The highest BCUT2D eigenvalue weighted by molar-refractivity contribution is 5.89. The molecule has 2 aromatic carbocycles. The van der Waals surface area contributed by atoms with Crippen LogP contribution in [-0.2, 0) is 19.1 Å². The van der Waals surface area contributed by atoms with Gasteiger partial charge < -0.3 is 30.1 Å². The summed E-state index contributed by atoms with van der Waals surface area (Å²) in [6.45, 7) is 3.84. The second kappa shape index (κ2) is 10.7. The lowest BCUT2D eigenvalue weighted by atomic mass is 9.95. The van der Waals surface area contributed by atoms with E-state index in [-0.39, 0.29) is 19.2 Å². The van der Waals surface area contributed by atoms with E-state index in [0.717, 1.165) is 10.8 Å². The summed E-state index contributed by atoms with van der Waals surface area (Å²) in [5.74, 6) is -3.81. The third-order valence-electron chi connectivity index (χ3n) is 4.47. The van der Waals surface area contributed by atoms with Crippen LogP contribution in [0.5, 0.6) is 5.75 Å². The first kappa shape index (κ1) is 24.1. The number of nitrogens with one attached hydrogen (secondary N) is 1. The van der Waals surface area contributed by atoms with Crippen LogP contribution in [0.3, 0.4) is 0 Å². The van der Waals surface area contributed by atoms with Gasteiger partial charge >= 0.3 is 17.9 Å². The fourth-order valence-electron chi connectivity index (χ4n) is 2.97. The molecule has 0 fully saturated rings. The second-order valence-electron chi connectivity index (χ2n) is 7.55. The number of benzene rings is 2. The number of carboxylic acid groups (broad SMARTS) is 2. The van der Waals surface area contributed by atoms with E-state index < -0.39 is 42.5 Å². The molecule has 0 spiro atoms. The first-order chi connectivity index (χ1) is 14.6. The Morgan fingerprint density at radius 1 is 1.00 bits per heavy atom. The Kier molecular flexibility index (Phi) is 8.35. The lowest BCUT2D eigenvalue weighted by molar-refractivity contribution is -0.180. The highest BCUT2D eigenvalue weighted by atomic mass is 16.6. The fraction of sp³-hybridized carbons (Fsp3) is 0.409. The van der Waals surface area contributed by atoms with Gasteiger partial charge in [-0.2, -0.15) is 0 Å². The van der Waals surface area contributed by atoms with Crippen molar-refractivity contribution >= 4 is 28.7 Å². The zero-order chi connectivity index (χ0) is 23.0. The van der Waals surface area contributed by atoms with E-state index >= 15 is 0 Å². The molecule has 31 heavy (non-hydrogen) atoms. The predicted octanol–water partition coefficient (Wildman–Crippen LogP) is 1.81. The Bertz CT molecular complexity index is 905. The number of hydrogen-bond donors (Lipinski definition) is 4. The first-order valence-corrected chi connectivity index (χ1v) is 9.81. The molecule has 0 aliphatic heterocycles. The van der Waals surface area contributed by atoms with Gasteiger partial charge in [0.25, 0.3) is 0 Å². The van der Waals surface area contributed by atoms with Crippen molar-refractivity contribution in [2.24, 2.45) is 0 Å². The lowest BCUT2D eigenvalue weighted by Gasteiger charge is -2.27. The zero-order valence-electron chi connectivity index (χ0n) is 17.4. The molecular formula is C22H27NO8. The predicted molar refractivity (Wildman–Crippen MR) is 112 cm³/mol. The molecule has 0 saturated carbocycles. The molecular weight excluding hydrogens is 406 g/mol. The second-order valence-corrected chi connectivity index (χ2v) is 7.55. The van der Waals surface area contributed by atoms with Crippen molar-refractivity contribution in [2.75, 3.05) is 13.2 Å². The maximum atomic E-state index is 12.5. The number of ether oxygens (including phenoxy) is 2. The largest absolute Gasteiger partial charge is 0.489 e. The minimum Gasteiger partial charge on any atom is -0.489 e. The molecule has 4 N–H and O–H groups in total. The summed E-state index contributed by atoms with van der Waals surface area (Å²) in [5, 5.41) is 33.2. The normalized spacial score (nSPS) is 12.5. The Morgan fingerprint density at radius 3 is 2.23 bits per heavy atom. The Hall–Kier alpha value is -3.17. The van der Waals surface area contributed by atoms with Crippen molar-refractivity contribution < 1.29 is 39.2 Å². The van der Waals surface area contributed by atoms with Crippen LogP contribution in [0.2, 0.25) is 0 Å². The summed E-state index contributed by atoms with van der Waals surface area (Å²) in [5.41, 5.74) is -2.69. The minimum atomic E-state index is -2.69. The van der Waals surface area contributed by atoms with Gasteiger partial charge in [-0.05, 0) is 11.5 Å². The lowest BCUT2D eigenvalue weighted by Crippen LogP contribution is -2.48. The van der Waals surface area contributed by atoms with Crippen LogP contribution in [-0.4, -0.2) is 64.1 Å². The van der Waals surface area contributed by atoms with Crippen LogP contribution in [0.15, 0.2) is 42.5 Å². The molecule has 9 heteroatoms. The number of fused-ring (bicyclic) bond motifs is 1. The number of carboxylic acids is 2. The summed E-state index contributed by atoms with van der Waals surface area (Å²) in [6.07, 6.45) is -3.08. The average molecular weight is 433 g/mol. The molecule has 1 atom stereocenters.